The van der Waals surface area contributed by atoms with Crippen molar-refractivity contribution in [2.75, 3.05) is 0 Å². The first-order valence-electron chi connectivity index (χ1n) is 6.33. The molecule has 0 radical (unpaired) electrons. The summed E-state index contributed by atoms with van der Waals surface area (Å²) in [6.45, 7) is 3.25. The van der Waals surface area contributed by atoms with E-state index in [1.165, 1.54) is 12.1 Å². The molecule has 0 aliphatic rings. The topological polar surface area (TPSA) is 20.2 Å². The molecule has 0 bridgehead atoms. The van der Waals surface area contributed by atoms with Crippen LogP contribution >= 0.6 is 15.9 Å². The molecule has 0 spiro atoms. The van der Waals surface area contributed by atoms with Gasteiger partial charge in [0, 0.05) is 4.47 Å². The fourth-order valence-corrected chi connectivity index (χ4v) is 2.71. The summed E-state index contributed by atoms with van der Waals surface area (Å²) in [6, 6.07) is 9.41. The Balaban J connectivity index is 2.71. The van der Waals surface area contributed by atoms with Gasteiger partial charge in [0.05, 0.1) is 5.56 Å². The second-order valence-electron chi connectivity index (χ2n) is 4.78. The number of aryl methyl sites for hydroxylation is 1. The number of rotatable bonds is 3. The molecule has 0 aliphatic carbocycles. The summed E-state index contributed by atoms with van der Waals surface area (Å²) < 4.78 is 29.2. The van der Waals surface area contributed by atoms with E-state index in [0.717, 1.165) is 4.47 Å². The molecular weight excluding hydrogens is 326 g/mol. The molecule has 4 heteroatoms. The van der Waals surface area contributed by atoms with Crippen molar-refractivity contribution in [1.29, 1.82) is 0 Å². The maximum absolute atomic E-state index is 14.3. The number of benzene rings is 2. The molecular formula is C16H15BrF2O. The van der Waals surface area contributed by atoms with E-state index < -0.39 is 17.2 Å². The molecule has 0 aliphatic heterocycles. The Morgan fingerprint density at radius 2 is 1.90 bits per heavy atom. The third-order valence-corrected chi connectivity index (χ3v) is 4.00. The molecule has 0 fully saturated rings. The summed E-state index contributed by atoms with van der Waals surface area (Å²) in [6.07, 6.45) is 0.167. The minimum atomic E-state index is -1.69. The molecule has 1 N–H and O–H groups in total. The number of halogens is 3. The smallest absolute Gasteiger partial charge is 0.135 e. The van der Waals surface area contributed by atoms with Gasteiger partial charge in [-0.25, -0.2) is 8.78 Å². The van der Waals surface area contributed by atoms with E-state index >= 15 is 0 Å². The summed E-state index contributed by atoms with van der Waals surface area (Å²) in [7, 11) is 0. The van der Waals surface area contributed by atoms with Crippen molar-refractivity contribution in [3.05, 3.63) is 69.2 Å². The SMILES string of the molecule is CCC(O)(c1cccc(Br)c1)c1c(F)ccc(C)c1F. The van der Waals surface area contributed by atoms with Crippen molar-refractivity contribution in [2.45, 2.75) is 25.9 Å². The van der Waals surface area contributed by atoms with Crippen molar-refractivity contribution < 1.29 is 13.9 Å². The summed E-state index contributed by atoms with van der Waals surface area (Å²) in [5.41, 5.74) is -1.22. The van der Waals surface area contributed by atoms with Gasteiger partial charge in [-0.2, -0.15) is 0 Å². The monoisotopic (exact) mass is 340 g/mol. The fraction of sp³-hybridized carbons (Fsp3) is 0.250. The molecule has 0 saturated heterocycles. The van der Waals surface area contributed by atoms with Crippen molar-refractivity contribution in [3.63, 3.8) is 0 Å². The van der Waals surface area contributed by atoms with Crippen LogP contribution in [0.15, 0.2) is 40.9 Å². The van der Waals surface area contributed by atoms with Crippen LogP contribution in [0.4, 0.5) is 8.78 Å². The first-order valence-corrected chi connectivity index (χ1v) is 7.13. The summed E-state index contributed by atoms with van der Waals surface area (Å²) in [4.78, 5) is 0. The van der Waals surface area contributed by atoms with Gasteiger partial charge in [0.1, 0.15) is 17.2 Å². The van der Waals surface area contributed by atoms with Crippen LogP contribution in [0, 0.1) is 18.6 Å². The molecule has 2 rings (SSSR count). The summed E-state index contributed by atoms with van der Waals surface area (Å²) in [5.74, 6) is -1.44. The van der Waals surface area contributed by atoms with Gasteiger partial charge in [-0.05, 0) is 42.7 Å². The van der Waals surface area contributed by atoms with Gasteiger partial charge < -0.3 is 5.11 Å². The molecule has 106 valence electrons. The average molecular weight is 341 g/mol. The predicted octanol–water partition coefficient (Wildman–Crippen LogP) is 4.68. The minimum absolute atomic E-state index is 0.167. The lowest BCUT2D eigenvalue weighted by Gasteiger charge is -2.29. The maximum Gasteiger partial charge on any atom is 0.135 e. The highest BCUT2D eigenvalue weighted by atomic mass is 79.9. The van der Waals surface area contributed by atoms with Gasteiger partial charge >= 0.3 is 0 Å². The summed E-state index contributed by atoms with van der Waals surface area (Å²) >= 11 is 3.31. The second kappa shape index (κ2) is 5.62. The van der Waals surface area contributed by atoms with E-state index in [1.54, 1.807) is 38.1 Å². The van der Waals surface area contributed by atoms with Crippen LogP contribution in [0.2, 0.25) is 0 Å². The van der Waals surface area contributed by atoms with Crippen molar-refractivity contribution in [1.82, 2.24) is 0 Å². The Morgan fingerprint density at radius 3 is 2.50 bits per heavy atom. The minimum Gasteiger partial charge on any atom is -0.380 e. The Morgan fingerprint density at radius 1 is 1.20 bits per heavy atom. The molecule has 1 unspecified atom stereocenters. The zero-order valence-electron chi connectivity index (χ0n) is 11.3. The van der Waals surface area contributed by atoms with Crippen LogP contribution in [-0.4, -0.2) is 5.11 Å². The highest BCUT2D eigenvalue weighted by molar-refractivity contribution is 9.10. The zero-order valence-corrected chi connectivity index (χ0v) is 12.8. The van der Waals surface area contributed by atoms with Gasteiger partial charge in [-0.3, -0.25) is 0 Å². The molecule has 1 nitrogen and oxygen atoms in total. The van der Waals surface area contributed by atoms with E-state index in [2.05, 4.69) is 15.9 Å². The highest BCUT2D eigenvalue weighted by Crippen LogP contribution is 2.37. The van der Waals surface area contributed by atoms with E-state index in [1.807, 2.05) is 0 Å². The van der Waals surface area contributed by atoms with E-state index in [9.17, 15) is 13.9 Å². The average Bonchev–Trinajstić information content (AvgIpc) is 2.43. The van der Waals surface area contributed by atoms with Gasteiger partial charge in [-0.15, -0.1) is 0 Å². The van der Waals surface area contributed by atoms with Gasteiger partial charge in [0.15, 0.2) is 0 Å². The van der Waals surface area contributed by atoms with Crippen LogP contribution in [0.3, 0.4) is 0 Å². The van der Waals surface area contributed by atoms with Crippen LogP contribution in [0.5, 0.6) is 0 Å². The van der Waals surface area contributed by atoms with Crippen molar-refractivity contribution >= 4 is 15.9 Å². The lowest BCUT2D eigenvalue weighted by Crippen LogP contribution is -2.29. The highest BCUT2D eigenvalue weighted by Gasteiger charge is 2.36. The maximum atomic E-state index is 14.3. The van der Waals surface area contributed by atoms with E-state index in [0.29, 0.717) is 11.1 Å². The van der Waals surface area contributed by atoms with E-state index in [-0.39, 0.29) is 12.0 Å². The predicted molar refractivity (Wildman–Crippen MR) is 78.5 cm³/mol. The van der Waals surface area contributed by atoms with E-state index in [4.69, 9.17) is 0 Å². The Bertz CT molecular complexity index is 642. The quantitative estimate of drug-likeness (QED) is 0.859. The number of hydrogen-bond acceptors (Lipinski definition) is 1. The normalized spacial score (nSPS) is 14.1. The molecule has 1 atom stereocenters. The second-order valence-corrected chi connectivity index (χ2v) is 5.69. The van der Waals surface area contributed by atoms with Crippen LogP contribution < -0.4 is 0 Å². The number of aliphatic hydroxyl groups is 1. The van der Waals surface area contributed by atoms with Crippen LogP contribution in [-0.2, 0) is 5.60 Å². The third kappa shape index (κ3) is 2.50. The largest absolute Gasteiger partial charge is 0.380 e. The molecule has 0 aromatic heterocycles. The summed E-state index contributed by atoms with van der Waals surface area (Å²) in [5, 5.41) is 10.9. The fourth-order valence-electron chi connectivity index (χ4n) is 2.31. The number of hydrogen-bond donors (Lipinski definition) is 1. The molecule has 2 aromatic rings. The van der Waals surface area contributed by atoms with Gasteiger partial charge in [0.25, 0.3) is 0 Å². The van der Waals surface area contributed by atoms with Crippen molar-refractivity contribution in [2.24, 2.45) is 0 Å². The van der Waals surface area contributed by atoms with Gasteiger partial charge in [0.2, 0.25) is 0 Å². The molecule has 0 heterocycles. The Hall–Kier alpha value is -1.26. The lowest BCUT2D eigenvalue weighted by atomic mass is 9.83. The lowest BCUT2D eigenvalue weighted by molar-refractivity contribution is 0.0681. The standard InChI is InChI=1S/C16H15BrF2O/c1-3-16(20,11-5-4-6-12(17)9-11)14-13(18)8-7-10(2)15(14)19/h4-9,20H,3H2,1-2H3. The van der Waals surface area contributed by atoms with Crippen LogP contribution in [0.25, 0.3) is 0 Å². The molecule has 20 heavy (non-hydrogen) atoms. The molecule has 0 amide bonds. The Kier molecular flexibility index (Phi) is 4.25. The first-order chi connectivity index (χ1) is 9.40. The van der Waals surface area contributed by atoms with Crippen molar-refractivity contribution in [3.8, 4) is 0 Å². The first kappa shape index (κ1) is 15.1. The molecule has 0 saturated carbocycles. The Labute approximate surface area is 125 Å². The zero-order chi connectivity index (χ0) is 14.9. The molecule has 2 aromatic carbocycles. The third-order valence-electron chi connectivity index (χ3n) is 3.51. The van der Waals surface area contributed by atoms with Gasteiger partial charge in [-0.1, -0.05) is 41.1 Å². The van der Waals surface area contributed by atoms with Crippen LogP contribution in [0.1, 0.15) is 30.0 Å².